The average molecular weight is 491 g/mol. The van der Waals surface area contributed by atoms with Gasteiger partial charge in [-0.25, -0.2) is 0 Å². The highest BCUT2D eigenvalue weighted by Crippen LogP contribution is 2.30. The van der Waals surface area contributed by atoms with Crippen molar-refractivity contribution in [2.24, 2.45) is 0 Å². The lowest BCUT2D eigenvalue weighted by Gasteiger charge is -2.14. The third kappa shape index (κ3) is 4.98. The van der Waals surface area contributed by atoms with Crippen molar-refractivity contribution in [3.63, 3.8) is 0 Å². The molecule has 35 heavy (non-hydrogen) atoms. The van der Waals surface area contributed by atoms with E-state index in [1.807, 2.05) is 68.4 Å². The first-order valence-corrected chi connectivity index (χ1v) is 12.4. The fourth-order valence-electron chi connectivity index (χ4n) is 4.16. The van der Waals surface area contributed by atoms with Gasteiger partial charge in [0.25, 0.3) is 0 Å². The summed E-state index contributed by atoms with van der Waals surface area (Å²) in [7, 11) is 3.29. The molecule has 7 nitrogen and oxygen atoms in total. The van der Waals surface area contributed by atoms with Gasteiger partial charge in [0, 0.05) is 34.2 Å². The number of ether oxygens (including phenoxy) is 2. The van der Waals surface area contributed by atoms with Crippen LogP contribution >= 0.6 is 11.8 Å². The van der Waals surface area contributed by atoms with Crippen LogP contribution in [0.25, 0.3) is 17.1 Å². The molecule has 0 aliphatic rings. The molecule has 0 aliphatic heterocycles. The summed E-state index contributed by atoms with van der Waals surface area (Å²) in [5.74, 6) is 2.70. The highest BCUT2D eigenvalue weighted by atomic mass is 32.2. The van der Waals surface area contributed by atoms with Gasteiger partial charge in [0.15, 0.2) is 16.8 Å². The Morgan fingerprint density at radius 3 is 2.11 bits per heavy atom. The van der Waals surface area contributed by atoms with Gasteiger partial charge in [-0.15, -0.1) is 10.2 Å². The predicted molar refractivity (Wildman–Crippen MR) is 139 cm³/mol. The molecule has 0 spiro atoms. The van der Waals surface area contributed by atoms with Crippen molar-refractivity contribution >= 4 is 17.5 Å². The van der Waals surface area contributed by atoms with E-state index in [0.717, 1.165) is 50.7 Å². The van der Waals surface area contributed by atoms with Gasteiger partial charge in [0.1, 0.15) is 11.5 Å². The van der Waals surface area contributed by atoms with Gasteiger partial charge in [-0.1, -0.05) is 11.8 Å². The van der Waals surface area contributed by atoms with Gasteiger partial charge in [0.2, 0.25) is 0 Å². The number of carbonyl (C=O) groups excluding carboxylic acids is 1. The first-order chi connectivity index (χ1) is 16.8. The third-order valence-electron chi connectivity index (χ3n) is 5.92. The molecule has 2 aromatic heterocycles. The molecular weight excluding hydrogens is 460 g/mol. The molecule has 0 saturated carbocycles. The van der Waals surface area contributed by atoms with Crippen LogP contribution in [0.4, 0.5) is 0 Å². The van der Waals surface area contributed by atoms with Crippen molar-refractivity contribution in [1.82, 2.24) is 19.3 Å². The molecule has 0 N–H and O–H groups in total. The Kier molecular flexibility index (Phi) is 7.31. The fraction of sp³-hybridized carbons (Fsp3) is 0.296. The molecule has 0 amide bonds. The summed E-state index contributed by atoms with van der Waals surface area (Å²) in [6, 6.07) is 17.7. The normalized spacial score (nSPS) is 11.2. The Morgan fingerprint density at radius 1 is 0.943 bits per heavy atom. The van der Waals surface area contributed by atoms with Crippen LogP contribution in [-0.2, 0) is 0 Å². The highest BCUT2D eigenvalue weighted by molar-refractivity contribution is 7.99. The van der Waals surface area contributed by atoms with Crippen LogP contribution in [0.5, 0.6) is 11.5 Å². The second-order valence-electron chi connectivity index (χ2n) is 8.53. The van der Waals surface area contributed by atoms with Gasteiger partial charge in [-0.2, -0.15) is 0 Å². The largest absolute Gasteiger partial charge is 0.497 e. The summed E-state index contributed by atoms with van der Waals surface area (Å²) in [6.45, 7) is 8.17. The van der Waals surface area contributed by atoms with E-state index in [0.29, 0.717) is 0 Å². The lowest BCUT2D eigenvalue weighted by Crippen LogP contribution is -2.08. The summed E-state index contributed by atoms with van der Waals surface area (Å²) < 4.78 is 14.7. The smallest absolute Gasteiger partial charge is 0.192 e. The number of rotatable bonds is 9. The van der Waals surface area contributed by atoms with Crippen molar-refractivity contribution in [3.8, 4) is 28.6 Å². The minimum Gasteiger partial charge on any atom is -0.497 e. The zero-order valence-corrected chi connectivity index (χ0v) is 21.7. The van der Waals surface area contributed by atoms with E-state index < -0.39 is 0 Å². The summed E-state index contributed by atoms with van der Waals surface area (Å²) in [5, 5.41) is 9.56. The van der Waals surface area contributed by atoms with Crippen LogP contribution in [0.1, 0.15) is 41.6 Å². The minimum absolute atomic E-state index is 0.0622. The number of carbonyl (C=O) groups is 1. The predicted octanol–water partition coefficient (Wildman–Crippen LogP) is 5.93. The second-order valence-corrected chi connectivity index (χ2v) is 9.47. The molecule has 0 atom stereocenters. The summed E-state index contributed by atoms with van der Waals surface area (Å²) in [4.78, 5) is 13.2. The van der Waals surface area contributed by atoms with Gasteiger partial charge in [-0.05, 0) is 82.3 Å². The molecule has 4 aromatic rings. The number of methoxy groups -OCH3 is 2. The van der Waals surface area contributed by atoms with Gasteiger partial charge < -0.3 is 14.0 Å². The monoisotopic (exact) mass is 490 g/mol. The minimum atomic E-state index is 0.0622. The Labute approximate surface area is 210 Å². The molecule has 4 rings (SSSR count). The molecule has 8 heteroatoms. The Morgan fingerprint density at radius 2 is 1.54 bits per heavy atom. The fourth-order valence-corrected chi connectivity index (χ4v) is 5.11. The average Bonchev–Trinajstić information content (AvgIpc) is 3.43. The van der Waals surface area contributed by atoms with E-state index in [1.165, 1.54) is 11.8 Å². The number of nitrogens with zero attached hydrogens (tertiary/aromatic N) is 4. The number of hydrogen-bond donors (Lipinski definition) is 0. The molecule has 0 fully saturated rings. The molecule has 0 unspecified atom stereocenters. The number of thioether (sulfide) groups is 1. The zero-order valence-electron chi connectivity index (χ0n) is 20.9. The van der Waals surface area contributed by atoms with Crippen molar-refractivity contribution in [3.05, 3.63) is 71.5 Å². The van der Waals surface area contributed by atoms with Crippen LogP contribution in [0.15, 0.2) is 59.8 Å². The van der Waals surface area contributed by atoms with Crippen molar-refractivity contribution in [2.45, 2.75) is 38.9 Å². The lowest BCUT2D eigenvalue weighted by atomic mass is 10.2. The molecule has 2 aromatic carbocycles. The van der Waals surface area contributed by atoms with E-state index in [-0.39, 0.29) is 17.6 Å². The molecule has 0 radical (unpaired) electrons. The Hall–Kier alpha value is -3.52. The maximum absolute atomic E-state index is 13.2. The molecule has 182 valence electrons. The van der Waals surface area contributed by atoms with Crippen molar-refractivity contribution < 1.29 is 14.3 Å². The van der Waals surface area contributed by atoms with E-state index in [4.69, 9.17) is 9.47 Å². The standard InChI is InChI=1S/C27H30N4O3S/c1-17(2)30-26(20-7-11-22(33-5)12-8-20)28-29-27(30)35-16-25(32)24-15-18(3)31(19(24)4)21-9-13-23(34-6)14-10-21/h7-15,17H,16H2,1-6H3. The van der Waals surface area contributed by atoms with Crippen LogP contribution in [0.2, 0.25) is 0 Å². The number of ketones is 1. The second kappa shape index (κ2) is 10.4. The molecule has 0 saturated heterocycles. The number of Topliss-reactive ketones (excluding diaryl/α,β-unsaturated/α-hetero) is 1. The third-order valence-corrected chi connectivity index (χ3v) is 6.87. The summed E-state index contributed by atoms with van der Waals surface area (Å²) >= 11 is 1.42. The molecular formula is C27H30N4O3S. The Bertz CT molecular complexity index is 1320. The molecule has 0 bridgehead atoms. The first-order valence-electron chi connectivity index (χ1n) is 11.4. The maximum Gasteiger partial charge on any atom is 0.192 e. The van der Waals surface area contributed by atoms with E-state index >= 15 is 0 Å². The number of aryl methyl sites for hydroxylation is 1. The van der Waals surface area contributed by atoms with Gasteiger partial charge in [-0.3, -0.25) is 9.36 Å². The summed E-state index contributed by atoms with van der Waals surface area (Å²) in [6.07, 6.45) is 0. The van der Waals surface area contributed by atoms with E-state index in [2.05, 4.69) is 33.2 Å². The van der Waals surface area contributed by atoms with Crippen LogP contribution in [-0.4, -0.2) is 45.1 Å². The first kappa shape index (κ1) is 24.6. The van der Waals surface area contributed by atoms with Gasteiger partial charge >= 0.3 is 0 Å². The topological polar surface area (TPSA) is 71.2 Å². The van der Waals surface area contributed by atoms with Gasteiger partial charge in [0.05, 0.1) is 20.0 Å². The van der Waals surface area contributed by atoms with Crippen LogP contribution in [0.3, 0.4) is 0 Å². The molecule has 0 aliphatic carbocycles. The van der Waals surface area contributed by atoms with Crippen LogP contribution < -0.4 is 9.47 Å². The maximum atomic E-state index is 13.2. The van der Waals surface area contributed by atoms with E-state index in [9.17, 15) is 4.79 Å². The highest BCUT2D eigenvalue weighted by Gasteiger charge is 2.21. The summed E-state index contributed by atoms with van der Waals surface area (Å²) in [5.41, 5.74) is 4.59. The Balaban J connectivity index is 1.55. The van der Waals surface area contributed by atoms with Crippen molar-refractivity contribution in [1.29, 1.82) is 0 Å². The zero-order chi connectivity index (χ0) is 25.1. The lowest BCUT2D eigenvalue weighted by molar-refractivity contribution is 0.102. The molecule has 2 heterocycles. The number of aromatic nitrogens is 4. The number of benzene rings is 2. The van der Waals surface area contributed by atoms with E-state index in [1.54, 1.807) is 14.2 Å². The SMILES string of the molecule is COc1ccc(-c2nnc(SCC(=O)c3cc(C)n(-c4ccc(OC)cc4)c3C)n2C(C)C)cc1. The van der Waals surface area contributed by atoms with Crippen molar-refractivity contribution in [2.75, 3.05) is 20.0 Å². The quantitative estimate of drug-likeness (QED) is 0.214. The number of hydrogen-bond acceptors (Lipinski definition) is 6. The van der Waals surface area contributed by atoms with Crippen LogP contribution in [0, 0.1) is 13.8 Å².